The molecule has 1 N–H and O–H groups in total. The van der Waals surface area contributed by atoms with Crippen LogP contribution in [0.5, 0.6) is 0 Å². The maximum absolute atomic E-state index is 8.37. The van der Waals surface area contributed by atoms with Crippen molar-refractivity contribution in [1.82, 2.24) is 4.58 Å². The van der Waals surface area contributed by atoms with Gasteiger partial charge in [-0.3, -0.25) is 4.84 Å². The molecule has 0 aliphatic carbocycles. The molecule has 0 fully saturated rings. The Bertz CT molecular complexity index is 42.2. The first-order chi connectivity index (χ1) is 3.13. The van der Waals surface area contributed by atoms with Crippen molar-refractivity contribution >= 4 is 11.8 Å². The van der Waals surface area contributed by atoms with Crippen LogP contribution in [0.15, 0.2) is 0 Å². The van der Waals surface area contributed by atoms with Crippen LogP contribution in [0.1, 0.15) is 6.92 Å². The summed E-state index contributed by atoms with van der Waals surface area (Å²) < 4.78 is 0.921. The van der Waals surface area contributed by atoms with Gasteiger partial charge in [-0.15, -0.1) is 0 Å². The van der Waals surface area contributed by atoms with Crippen molar-refractivity contribution < 1.29 is 9.94 Å². The number of nitrogens with zero attached hydrogens (tertiary/aromatic N) is 1. The molecule has 0 amide bonds. The number of hydrogen-bond acceptors (Lipinski definition) is 3. The molecule has 3 nitrogen and oxygen atoms in total. The van der Waals surface area contributed by atoms with Gasteiger partial charge in [-0.1, -0.05) is 4.58 Å². The lowest BCUT2D eigenvalue weighted by molar-refractivity contribution is -0.198. The molecule has 0 aliphatic rings. The lowest BCUT2D eigenvalue weighted by atomic mass is 10.8. The Labute approximate surface area is 47.5 Å². The fraction of sp³-hybridized carbons (Fsp3) is 1.00. The normalized spacial score (nSPS) is 15.0. The smallest absolute Gasteiger partial charge is 0.173 e. The van der Waals surface area contributed by atoms with Crippen molar-refractivity contribution in [2.24, 2.45) is 0 Å². The summed E-state index contributed by atoms with van der Waals surface area (Å²) in [4.78, 5) is 4.40. The summed E-state index contributed by atoms with van der Waals surface area (Å²) in [5.74, 6) is 0. The monoisotopic (exact) mass is 125 g/mol. The fourth-order valence-electron chi connectivity index (χ4n) is 0.210. The SMILES string of the molecule is CC(O)ON(C)Cl. The summed E-state index contributed by atoms with van der Waals surface area (Å²) in [6.45, 7) is 1.47. The summed E-state index contributed by atoms with van der Waals surface area (Å²) >= 11 is 5.12. The van der Waals surface area contributed by atoms with Gasteiger partial charge in [-0.2, -0.15) is 0 Å². The third kappa shape index (κ3) is 6.17. The molecule has 0 spiro atoms. The van der Waals surface area contributed by atoms with Crippen LogP contribution >= 0.6 is 11.8 Å². The molecule has 0 bridgehead atoms. The predicted molar refractivity (Wildman–Crippen MR) is 26.4 cm³/mol. The van der Waals surface area contributed by atoms with Crippen molar-refractivity contribution in [2.45, 2.75) is 13.2 Å². The van der Waals surface area contributed by atoms with E-state index in [0.717, 1.165) is 4.58 Å². The maximum atomic E-state index is 8.37. The molecule has 0 saturated carbocycles. The number of hydroxylamine groups is 1. The van der Waals surface area contributed by atoms with Gasteiger partial charge in [-0.05, 0) is 6.92 Å². The molecule has 0 aromatic rings. The second-order valence-corrected chi connectivity index (χ2v) is 1.60. The van der Waals surface area contributed by atoms with E-state index in [1.165, 1.54) is 14.0 Å². The average Bonchev–Trinajstić information content (AvgIpc) is 1.27. The van der Waals surface area contributed by atoms with Gasteiger partial charge in [0.1, 0.15) is 0 Å². The van der Waals surface area contributed by atoms with Gasteiger partial charge < -0.3 is 5.11 Å². The number of hydrogen-bond donors (Lipinski definition) is 1. The van der Waals surface area contributed by atoms with E-state index in [9.17, 15) is 0 Å². The van der Waals surface area contributed by atoms with E-state index in [-0.39, 0.29) is 0 Å². The van der Waals surface area contributed by atoms with Crippen molar-refractivity contribution in [2.75, 3.05) is 7.05 Å². The van der Waals surface area contributed by atoms with Crippen LogP contribution in [0, 0.1) is 0 Å². The highest BCUT2D eigenvalue weighted by molar-refractivity contribution is 6.12. The Morgan fingerprint density at radius 3 is 2.29 bits per heavy atom. The third-order valence-corrected chi connectivity index (χ3v) is 0.377. The molecular weight excluding hydrogens is 117 g/mol. The van der Waals surface area contributed by atoms with Crippen molar-refractivity contribution in [3.8, 4) is 0 Å². The molecule has 1 unspecified atom stereocenters. The van der Waals surface area contributed by atoms with E-state index in [1.54, 1.807) is 0 Å². The van der Waals surface area contributed by atoms with Crippen molar-refractivity contribution in [3.63, 3.8) is 0 Å². The zero-order valence-electron chi connectivity index (χ0n) is 4.26. The van der Waals surface area contributed by atoms with E-state index in [1.807, 2.05) is 0 Å². The Kier molecular flexibility index (Phi) is 3.29. The second kappa shape index (κ2) is 3.21. The fourth-order valence-corrected chi connectivity index (χ4v) is 0.326. The molecule has 0 aromatic heterocycles. The van der Waals surface area contributed by atoms with Crippen LogP contribution in [0.25, 0.3) is 0 Å². The molecule has 4 heteroatoms. The minimum atomic E-state index is -0.831. The molecule has 0 aromatic carbocycles. The van der Waals surface area contributed by atoms with Crippen LogP contribution in [0.2, 0.25) is 0 Å². The largest absolute Gasteiger partial charge is 0.367 e. The number of aliphatic hydroxyl groups excluding tert-OH is 1. The number of halogens is 1. The first-order valence-electron chi connectivity index (χ1n) is 1.87. The quantitative estimate of drug-likeness (QED) is 0.328. The van der Waals surface area contributed by atoms with E-state index in [2.05, 4.69) is 4.84 Å². The Hall–Kier alpha value is 0.170. The highest BCUT2D eigenvalue weighted by atomic mass is 35.5. The zero-order valence-corrected chi connectivity index (χ0v) is 5.01. The summed E-state index contributed by atoms with van der Waals surface area (Å²) in [5.41, 5.74) is 0. The second-order valence-electron chi connectivity index (χ2n) is 1.13. The van der Waals surface area contributed by atoms with Gasteiger partial charge in [-0.25, -0.2) is 0 Å². The van der Waals surface area contributed by atoms with Crippen LogP contribution in [0.3, 0.4) is 0 Å². The predicted octanol–water partition coefficient (Wildman–Crippen LogP) is 0.342. The summed E-state index contributed by atoms with van der Waals surface area (Å²) in [6, 6.07) is 0. The van der Waals surface area contributed by atoms with Crippen LogP contribution in [-0.4, -0.2) is 23.0 Å². The molecule has 7 heavy (non-hydrogen) atoms. The summed E-state index contributed by atoms with van der Waals surface area (Å²) in [7, 11) is 1.48. The number of rotatable bonds is 2. The van der Waals surface area contributed by atoms with Gasteiger partial charge in [0, 0.05) is 18.8 Å². The van der Waals surface area contributed by atoms with Gasteiger partial charge in [0.05, 0.1) is 0 Å². The van der Waals surface area contributed by atoms with E-state index in [0.29, 0.717) is 0 Å². The van der Waals surface area contributed by atoms with Crippen molar-refractivity contribution in [1.29, 1.82) is 0 Å². The molecule has 1 atom stereocenters. The number of aliphatic hydroxyl groups is 1. The van der Waals surface area contributed by atoms with Crippen LogP contribution in [0.4, 0.5) is 0 Å². The molecule has 0 aliphatic heterocycles. The highest BCUT2D eigenvalue weighted by Crippen LogP contribution is 1.91. The lowest BCUT2D eigenvalue weighted by Crippen LogP contribution is -2.14. The molecule has 0 saturated heterocycles. The molecule has 44 valence electrons. The first kappa shape index (κ1) is 7.17. The van der Waals surface area contributed by atoms with Gasteiger partial charge in [0.25, 0.3) is 0 Å². The minimum absolute atomic E-state index is 0.831. The third-order valence-electron chi connectivity index (χ3n) is 0.298. The molecule has 0 rings (SSSR count). The maximum Gasteiger partial charge on any atom is 0.173 e. The molecule has 0 radical (unpaired) electrons. The molecule has 0 heterocycles. The first-order valence-corrected chi connectivity index (χ1v) is 2.21. The van der Waals surface area contributed by atoms with Gasteiger partial charge in [0.15, 0.2) is 6.29 Å². The van der Waals surface area contributed by atoms with Gasteiger partial charge >= 0.3 is 0 Å². The van der Waals surface area contributed by atoms with E-state index in [4.69, 9.17) is 16.9 Å². The highest BCUT2D eigenvalue weighted by Gasteiger charge is 1.95. The summed E-state index contributed by atoms with van der Waals surface area (Å²) in [6.07, 6.45) is -0.831. The Morgan fingerprint density at radius 2 is 2.29 bits per heavy atom. The standard InChI is InChI=1S/C3H8ClNO2/c1-3(6)7-5(2)4/h3,6H,1-2H3. The Balaban J connectivity index is 2.95. The van der Waals surface area contributed by atoms with Crippen LogP contribution < -0.4 is 0 Å². The van der Waals surface area contributed by atoms with Crippen molar-refractivity contribution in [3.05, 3.63) is 0 Å². The zero-order chi connectivity index (χ0) is 5.86. The van der Waals surface area contributed by atoms with Gasteiger partial charge in [0.2, 0.25) is 0 Å². The average molecular weight is 126 g/mol. The topological polar surface area (TPSA) is 32.7 Å². The lowest BCUT2D eigenvalue weighted by Gasteiger charge is -2.08. The summed E-state index contributed by atoms with van der Waals surface area (Å²) in [5, 5.41) is 8.37. The molecular formula is C3H8ClNO2. The van der Waals surface area contributed by atoms with Crippen LogP contribution in [-0.2, 0) is 4.84 Å². The Morgan fingerprint density at radius 1 is 1.86 bits per heavy atom. The van der Waals surface area contributed by atoms with E-state index >= 15 is 0 Å². The minimum Gasteiger partial charge on any atom is -0.367 e. The van der Waals surface area contributed by atoms with E-state index < -0.39 is 6.29 Å².